The second kappa shape index (κ2) is 7.06. The summed E-state index contributed by atoms with van der Waals surface area (Å²) in [6.45, 7) is 2.37. The summed E-state index contributed by atoms with van der Waals surface area (Å²) in [6, 6.07) is 5.87. The fraction of sp³-hybridized carbons (Fsp3) is 0.500. The van der Waals surface area contributed by atoms with Crippen LogP contribution in [0, 0.1) is 5.41 Å². The molecular weight excluding hydrogens is 322 g/mol. The molecule has 0 atom stereocenters. The minimum Gasteiger partial charge on any atom is -0.394 e. The van der Waals surface area contributed by atoms with Crippen molar-refractivity contribution in [2.45, 2.75) is 18.9 Å². The van der Waals surface area contributed by atoms with Gasteiger partial charge in [0.15, 0.2) is 0 Å². The van der Waals surface area contributed by atoms with Gasteiger partial charge in [0.25, 0.3) is 0 Å². The number of nitrogens with two attached hydrogens (primary N) is 1. The van der Waals surface area contributed by atoms with Gasteiger partial charge in [0.2, 0.25) is 0 Å². The summed E-state index contributed by atoms with van der Waals surface area (Å²) >= 11 is 3.46. The minimum atomic E-state index is 0.0690. The molecular formula is C14H20BrN3O2. The first kappa shape index (κ1) is 15.3. The molecule has 0 bridgehead atoms. The van der Waals surface area contributed by atoms with Crippen molar-refractivity contribution in [3.8, 4) is 0 Å². The van der Waals surface area contributed by atoms with Crippen LogP contribution in [0.5, 0.6) is 0 Å². The number of anilines is 1. The van der Waals surface area contributed by atoms with E-state index in [0.29, 0.717) is 6.61 Å². The lowest BCUT2D eigenvalue weighted by atomic mass is 10.1. The molecule has 2 rings (SSSR count). The van der Waals surface area contributed by atoms with Crippen molar-refractivity contribution in [3.63, 3.8) is 0 Å². The maximum Gasteiger partial charge on any atom is 0.123 e. The van der Waals surface area contributed by atoms with Crippen LogP contribution in [0.1, 0.15) is 18.4 Å². The van der Waals surface area contributed by atoms with Gasteiger partial charge < -0.3 is 20.5 Å². The fourth-order valence-corrected chi connectivity index (χ4v) is 3.00. The third-order valence-electron chi connectivity index (χ3n) is 3.49. The molecule has 4 N–H and O–H groups in total. The Morgan fingerprint density at radius 2 is 2.15 bits per heavy atom. The van der Waals surface area contributed by atoms with E-state index >= 15 is 0 Å². The van der Waals surface area contributed by atoms with Gasteiger partial charge >= 0.3 is 0 Å². The summed E-state index contributed by atoms with van der Waals surface area (Å²) in [5.41, 5.74) is 7.36. The number of nitrogens with zero attached hydrogens (tertiary/aromatic N) is 1. The lowest BCUT2D eigenvalue weighted by Crippen LogP contribution is -2.37. The molecule has 1 aliphatic heterocycles. The molecule has 1 aliphatic rings. The van der Waals surface area contributed by atoms with Crippen molar-refractivity contribution >= 4 is 27.5 Å². The average molecular weight is 342 g/mol. The molecule has 110 valence electrons. The Morgan fingerprint density at radius 3 is 2.70 bits per heavy atom. The summed E-state index contributed by atoms with van der Waals surface area (Å²) in [6.07, 6.45) is 2.18. The average Bonchev–Trinajstić information content (AvgIpc) is 2.45. The predicted molar refractivity (Wildman–Crippen MR) is 83.4 cm³/mol. The van der Waals surface area contributed by atoms with Crippen LogP contribution < -0.4 is 10.6 Å². The number of ether oxygens (including phenoxy) is 1. The van der Waals surface area contributed by atoms with Gasteiger partial charge in [-0.25, -0.2) is 0 Å². The van der Waals surface area contributed by atoms with Gasteiger partial charge in [0.1, 0.15) is 5.84 Å². The van der Waals surface area contributed by atoms with Crippen LogP contribution in [0.25, 0.3) is 0 Å². The number of nitrogens with one attached hydrogen (secondary N) is 1. The van der Waals surface area contributed by atoms with E-state index in [1.165, 1.54) is 0 Å². The van der Waals surface area contributed by atoms with Gasteiger partial charge in [-0.2, -0.15) is 0 Å². The van der Waals surface area contributed by atoms with Crippen LogP contribution >= 0.6 is 15.9 Å². The number of hydrogen-bond acceptors (Lipinski definition) is 4. The van der Waals surface area contributed by atoms with E-state index in [0.717, 1.165) is 41.7 Å². The Kier molecular flexibility index (Phi) is 5.39. The first-order valence-corrected chi connectivity index (χ1v) is 7.52. The highest BCUT2D eigenvalue weighted by Gasteiger charge is 2.20. The maximum atomic E-state index is 8.76. The topological polar surface area (TPSA) is 82.6 Å². The number of hydrogen-bond donors (Lipinski definition) is 3. The third kappa shape index (κ3) is 3.71. The molecule has 6 heteroatoms. The van der Waals surface area contributed by atoms with Crippen molar-refractivity contribution in [2.75, 3.05) is 31.2 Å². The van der Waals surface area contributed by atoms with Crippen LogP contribution in [-0.2, 0) is 4.74 Å². The molecule has 1 aromatic carbocycles. The number of nitrogen functional groups attached to an aromatic ring is 1. The van der Waals surface area contributed by atoms with Crippen molar-refractivity contribution in [1.29, 1.82) is 5.41 Å². The second-order valence-corrected chi connectivity index (χ2v) is 5.71. The zero-order valence-electron chi connectivity index (χ0n) is 11.3. The molecule has 0 amide bonds. The zero-order valence-corrected chi connectivity index (χ0v) is 12.9. The standard InChI is InChI=1S/C14H20BrN3O2/c15-13-9-10(1-2-12(13)14(16)17)18-5-3-11(4-6-18)20-8-7-19/h1-2,9,11,19H,3-8H2,(H3,16,17). The molecule has 0 aliphatic carbocycles. The van der Waals surface area contributed by atoms with E-state index in [4.69, 9.17) is 21.0 Å². The van der Waals surface area contributed by atoms with Crippen molar-refractivity contribution in [3.05, 3.63) is 28.2 Å². The van der Waals surface area contributed by atoms with Gasteiger partial charge in [-0.05, 0) is 47.0 Å². The molecule has 5 nitrogen and oxygen atoms in total. The van der Waals surface area contributed by atoms with E-state index in [9.17, 15) is 0 Å². The number of aliphatic hydroxyl groups is 1. The Balaban J connectivity index is 1.97. The molecule has 0 unspecified atom stereocenters. The van der Waals surface area contributed by atoms with Crippen LogP contribution in [0.15, 0.2) is 22.7 Å². The monoisotopic (exact) mass is 341 g/mol. The second-order valence-electron chi connectivity index (χ2n) is 4.86. The van der Waals surface area contributed by atoms with E-state index in [1.54, 1.807) is 0 Å². The highest BCUT2D eigenvalue weighted by molar-refractivity contribution is 9.10. The highest BCUT2D eigenvalue weighted by atomic mass is 79.9. The van der Waals surface area contributed by atoms with Gasteiger partial charge in [-0.15, -0.1) is 0 Å². The van der Waals surface area contributed by atoms with Gasteiger partial charge in [0, 0.05) is 28.8 Å². The number of benzene rings is 1. The third-order valence-corrected chi connectivity index (χ3v) is 4.15. The van der Waals surface area contributed by atoms with E-state index < -0.39 is 0 Å². The first-order chi connectivity index (χ1) is 9.61. The summed E-state index contributed by atoms with van der Waals surface area (Å²) < 4.78 is 6.41. The van der Waals surface area contributed by atoms with Gasteiger partial charge in [-0.3, -0.25) is 5.41 Å². The molecule has 1 heterocycles. The van der Waals surface area contributed by atoms with Crippen LogP contribution in [0.2, 0.25) is 0 Å². The quantitative estimate of drug-likeness (QED) is 0.562. The van der Waals surface area contributed by atoms with Crippen molar-refractivity contribution < 1.29 is 9.84 Å². The van der Waals surface area contributed by atoms with E-state index in [1.807, 2.05) is 18.2 Å². The molecule has 0 aromatic heterocycles. The number of piperidine rings is 1. The van der Waals surface area contributed by atoms with Crippen molar-refractivity contribution in [1.82, 2.24) is 0 Å². The molecule has 20 heavy (non-hydrogen) atoms. The Hall–Kier alpha value is -1.11. The van der Waals surface area contributed by atoms with Crippen LogP contribution in [-0.4, -0.2) is 43.3 Å². The normalized spacial score (nSPS) is 16.4. The molecule has 1 fully saturated rings. The first-order valence-electron chi connectivity index (χ1n) is 6.73. The molecule has 0 spiro atoms. The Labute approximate surface area is 127 Å². The minimum absolute atomic E-state index is 0.0690. The Morgan fingerprint density at radius 1 is 1.45 bits per heavy atom. The van der Waals surface area contributed by atoms with E-state index in [2.05, 4.69) is 20.8 Å². The fourth-order valence-electron chi connectivity index (χ4n) is 2.42. The highest BCUT2D eigenvalue weighted by Crippen LogP contribution is 2.26. The van der Waals surface area contributed by atoms with Crippen molar-refractivity contribution in [2.24, 2.45) is 5.73 Å². The number of amidine groups is 1. The van der Waals surface area contributed by atoms with Gasteiger partial charge in [0.05, 0.1) is 19.3 Å². The number of rotatable bonds is 5. The summed E-state index contributed by atoms with van der Waals surface area (Å²) in [5.74, 6) is 0.0690. The molecule has 0 radical (unpaired) electrons. The maximum absolute atomic E-state index is 8.76. The molecule has 1 aromatic rings. The summed E-state index contributed by atoms with van der Waals surface area (Å²) in [7, 11) is 0. The molecule has 0 saturated carbocycles. The summed E-state index contributed by atoms with van der Waals surface area (Å²) in [5, 5.41) is 16.2. The van der Waals surface area contributed by atoms with Crippen LogP contribution in [0.3, 0.4) is 0 Å². The SMILES string of the molecule is N=C(N)c1ccc(N2CCC(OCCO)CC2)cc1Br. The predicted octanol–water partition coefficient (Wildman–Crippen LogP) is 1.71. The number of aliphatic hydroxyl groups excluding tert-OH is 1. The lowest BCUT2D eigenvalue weighted by Gasteiger charge is -2.33. The Bertz CT molecular complexity index is 473. The largest absolute Gasteiger partial charge is 0.394 e. The molecule has 1 saturated heterocycles. The number of halogens is 1. The van der Waals surface area contributed by atoms with E-state index in [-0.39, 0.29) is 18.5 Å². The zero-order chi connectivity index (χ0) is 14.5. The lowest BCUT2D eigenvalue weighted by molar-refractivity contribution is 0.0159. The smallest absolute Gasteiger partial charge is 0.123 e. The summed E-state index contributed by atoms with van der Waals surface area (Å²) in [4.78, 5) is 2.30. The van der Waals surface area contributed by atoms with Gasteiger partial charge in [-0.1, -0.05) is 0 Å². The van der Waals surface area contributed by atoms with Crippen LogP contribution in [0.4, 0.5) is 5.69 Å².